The van der Waals surface area contributed by atoms with Gasteiger partial charge in [-0.05, 0) is 46.4 Å². The maximum Gasteiger partial charge on any atom is 0.242 e. The van der Waals surface area contributed by atoms with E-state index >= 15 is 0 Å². The van der Waals surface area contributed by atoms with Crippen LogP contribution in [0.1, 0.15) is 75.6 Å². The van der Waals surface area contributed by atoms with Crippen LogP contribution in [-0.2, 0) is 21.4 Å². The molecule has 2 amide bonds. The van der Waals surface area contributed by atoms with E-state index in [0.29, 0.717) is 13.1 Å². The molecule has 0 fully saturated rings. The molecule has 3 rings (SSSR count). The first-order valence-electron chi connectivity index (χ1n) is 11.4. The summed E-state index contributed by atoms with van der Waals surface area (Å²) < 4.78 is 0. The fraction of sp³-hybridized carbons (Fsp3) is 0.538. The van der Waals surface area contributed by atoms with Gasteiger partial charge >= 0.3 is 0 Å². The van der Waals surface area contributed by atoms with Crippen LogP contribution >= 0.6 is 11.3 Å². The Balaban J connectivity index is 1.91. The largest absolute Gasteiger partial charge is 0.333 e. The Labute approximate surface area is 191 Å². The molecule has 2 heterocycles. The topological polar surface area (TPSA) is 40.6 Å². The van der Waals surface area contributed by atoms with Crippen molar-refractivity contribution in [3.8, 4) is 0 Å². The lowest BCUT2D eigenvalue weighted by Crippen LogP contribution is -2.47. The summed E-state index contributed by atoms with van der Waals surface area (Å²) in [6.45, 7) is 13.9. The molecule has 1 aromatic carbocycles. The molecule has 0 radical (unpaired) electrons. The molecule has 1 aliphatic heterocycles. The first-order valence-corrected chi connectivity index (χ1v) is 12.3. The van der Waals surface area contributed by atoms with Gasteiger partial charge in [-0.1, -0.05) is 65.8 Å². The zero-order chi connectivity index (χ0) is 22.8. The van der Waals surface area contributed by atoms with Crippen molar-refractivity contribution in [2.24, 2.45) is 5.92 Å². The van der Waals surface area contributed by atoms with Gasteiger partial charge in [0.05, 0.1) is 12.6 Å². The molecule has 0 bridgehead atoms. The highest BCUT2D eigenvalue weighted by Crippen LogP contribution is 2.38. The van der Waals surface area contributed by atoms with Crippen LogP contribution in [0.4, 0.5) is 0 Å². The first kappa shape index (κ1) is 23.5. The molecule has 1 unspecified atom stereocenters. The maximum absolute atomic E-state index is 13.5. The van der Waals surface area contributed by atoms with Gasteiger partial charge in [-0.3, -0.25) is 9.59 Å². The normalized spacial score (nSPS) is 16.4. The molecule has 5 heteroatoms. The van der Waals surface area contributed by atoms with Gasteiger partial charge in [-0.15, -0.1) is 11.3 Å². The van der Waals surface area contributed by atoms with E-state index in [1.54, 1.807) is 16.2 Å². The van der Waals surface area contributed by atoms with E-state index in [1.807, 2.05) is 25.7 Å². The van der Waals surface area contributed by atoms with Crippen LogP contribution in [0.2, 0.25) is 0 Å². The Morgan fingerprint density at radius 3 is 2.42 bits per heavy atom. The molecule has 1 atom stereocenters. The van der Waals surface area contributed by atoms with Crippen molar-refractivity contribution in [3.05, 3.63) is 57.3 Å². The second-order valence-electron chi connectivity index (χ2n) is 9.83. The Morgan fingerprint density at radius 2 is 1.84 bits per heavy atom. The second kappa shape index (κ2) is 9.56. The molecule has 0 N–H and O–H groups in total. The predicted octanol–water partition coefficient (Wildman–Crippen LogP) is 5.41. The third kappa shape index (κ3) is 5.20. The third-order valence-electron chi connectivity index (χ3n) is 6.00. The van der Waals surface area contributed by atoms with Crippen molar-refractivity contribution in [3.63, 3.8) is 0 Å². The van der Waals surface area contributed by atoms with E-state index in [4.69, 9.17) is 0 Å². The van der Waals surface area contributed by atoms with E-state index in [2.05, 4.69) is 56.5 Å². The van der Waals surface area contributed by atoms with E-state index in [0.717, 1.165) is 18.4 Å². The highest BCUT2D eigenvalue weighted by atomic mass is 32.1. The molecule has 4 nitrogen and oxygen atoms in total. The average molecular weight is 441 g/mol. The number of amides is 2. The zero-order valence-corrected chi connectivity index (χ0v) is 20.6. The van der Waals surface area contributed by atoms with Crippen LogP contribution in [0, 0.1) is 5.92 Å². The fourth-order valence-corrected chi connectivity index (χ4v) is 5.17. The minimum atomic E-state index is -0.107. The molecule has 1 aromatic heterocycles. The number of benzene rings is 1. The Bertz CT molecular complexity index is 908. The first-order chi connectivity index (χ1) is 14.6. The quantitative estimate of drug-likeness (QED) is 0.602. The third-order valence-corrected chi connectivity index (χ3v) is 7.00. The maximum atomic E-state index is 13.5. The molecule has 31 heavy (non-hydrogen) atoms. The van der Waals surface area contributed by atoms with Crippen molar-refractivity contribution in [1.29, 1.82) is 0 Å². The Kier molecular flexibility index (Phi) is 7.25. The van der Waals surface area contributed by atoms with Crippen LogP contribution in [-0.4, -0.2) is 41.2 Å². The van der Waals surface area contributed by atoms with Crippen LogP contribution in [0.15, 0.2) is 35.7 Å². The van der Waals surface area contributed by atoms with Crippen LogP contribution in [0.25, 0.3) is 0 Å². The van der Waals surface area contributed by atoms with Gasteiger partial charge in [0.2, 0.25) is 11.8 Å². The molecule has 0 saturated carbocycles. The van der Waals surface area contributed by atoms with E-state index in [-0.39, 0.29) is 35.7 Å². The van der Waals surface area contributed by atoms with Crippen molar-refractivity contribution in [1.82, 2.24) is 9.80 Å². The second-order valence-corrected chi connectivity index (χ2v) is 10.8. The van der Waals surface area contributed by atoms with Gasteiger partial charge in [-0.2, -0.15) is 0 Å². The summed E-state index contributed by atoms with van der Waals surface area (Å²) in [7, 11) is 0. The van der Waals surface area contributed by atoms with Crippen molar-refractivity contribution in [2.75, 3.05) is 19.6 Å². The fourth-order valence-electron chi connectivity index (χ4n) is 4.27. The summed E-state index contributed by atoms with van der Waals surface area (Å²) in [4.78, 5) is 31.2. The average Bonchev–Trinajstić information content (AvgIpc) is 3.20. The predicted molar refractivity (Wildman–Crippen MR) is 128 cm³/mol. The molecule has 168 valence electrons. The van der Waals surface area contributed by atoms with E-state index in [1.165, 1.54) is 16.0 Å². The van der Waals surface area contributed by atoms with Crippen LogP contribution < -0.4 is 0 Å². The zero-order valence-electron chi connectivity index (χ0n) is 19.8. The number of fused-ring (bicyclic) bond motifs is 1. The lowest BCUT2D eigenvalue weighted by atomic mass is 9.85. The summed E-state index contributed by atoms with van der Waals surface area (Å²) in [6.07, 6.45) is 1.72. The molecule has 0 spiro atoms. The minimum absolute atomic E-state index is 0.0317. The number of thiophene rings is 1. The SMILES string of the molecule is CCCN(CC(=O)N1CCc2sccc2C1c1ccc(C(C)(C)C)cc1)C(=O)C(C)C. The molecular formula is C26H36N2O2S. The number of carbonyl (C=O) groups excluding carboxylic acids is 2. The van der Waals surface area contributed by atoms with Crippen LogP contribution in [0.5, 0.6) is 0 Å². The Morgan fingerprint density at radius 1 is 1.16 bits per heavy atom. The van der Waals surface area contributed by atoms with E-state index < -0.39 is 0 Å². The molecule has 1 aliphatic rings. The molecule has 2 aromatic rings. The minimum Gasteiger partial charge on any atom is -0.333 e. The summed E-state index contributed by atoms with van der Waals surface area (Å²) >= 11 is 1.77. The molecule has 0 saturated heterocycles. The van der Waals surface area contributed by atoms with Gasteiger partial charge in [-0.25, -0.2) is 0 Å². The number of hydrogen-bond donors (Lipinski definition) is 0. The summed E-state index contributed by atoms with van der Waals surface area (Å²) in [6, 6.07) is 10.8. The van der Waals surface area contributed by atoms with Gasteiger partial charge in [0.15, 0.2) is 0 Å². The summed E-state index contributed by atoms with van der Waals surface area (Å²) in [5, 5.41) is 2.13. The monoisotopic (exact) mass is 440 g/mol. The molecule has 0 aliphatic carbocycles. The van der Waals surface area contributed by atoms with Crippen molar-refractivity contribution < 1.29 is 9.59 Å². The number of carbonyl (C=O) groups is 2. The summed E-state index contributed by atoms with van der Waals surface area (Å²) in [5.41, 5.74) is 3.74. The number of rotatable bonds is 6. The lowest BCUT2D eigenvalue weighted by Gasteiger charge is -2.38. The van der Waals surface area contributed by atoms with Gasteiger partial charge in [0, 0.05) is 23.9 Å². The highest BCUT2D eigenvalue weighted by Gasteiger charge is 2.34. The lowest BCUT2D eigenvalue weighted by molar-refractivity contribution is -0.143. The Hall–Kier alpha value is -2.14. The van der Waals surface area contributed by atoms with Crippen LogP contribution in [0.3, 0.4) is 0 Å². The highest BCUT2D eigenvalue weighted by molar-refractivity contribution is 7.10. The van der Waals surface area contributed by atoms with Crippen molar-refractivity contribution in [2.45, 2.75) is 65.8 Å². The van der Waals surface area contributed by atoms with Gasteiger partial charge in [0.25, 0.3) is 0 Å². The molecular weight excluding hydrogens is 404 g/mol. The number of nitrogens with zero attached hydrogens (tertiary/aromatic N) is 2. The summed E-state index contributed by atoms with van der Waals surface area (Å²) in [5.74, 6) is -0.0244. The smallest absolute Gasteiger partial charge is 0.242 e. The van der Waals surface area contributed by atoms with Gasteiger partial charge < -0.3 is 9.80 Å². The van der Waals surface area contributed by atoms with E-state index in [9.17, 15) is 9.59 Å². The number of hydrogen-bond acceptors (Lipinski definition) is 3. The standard InChI is InChI=1S/C26H36N2O2S/c1-7-14-27(25(30)18(2)3)17-23(29)28-15-12-22-21(13-16-31-22)24(28)19-8-10-20(11-9-19)26(4,5)6/h8-11,13,16,18,24H,7,12,14-15,17H2,1-6H3. The van der Waals surface area contributed by atoms with Gasteiger partial charge in [0.1, 0.15) is 0 Å². The van der Waals surface area contributed by atoms with Crippen molar-refractivity contribution >= 4 is 23.2 Å².